The Morgan fingerprint density at radius 3 is 2.40 bits per heavy atom. The average molecular weight is 208 g/mol. The van der Waals surface area contributed by atoms with E-state index >= 15 is 0 Å². The lowest BCUT2D eigenvalue weighted by Crippen LogP contribution is -1.98. The van der Waals surface area contributed by atoms with Crippen LogP contribution in [0.4, 0.5) is 0 Å². The van der Waals surface area contributed by atoms with Crippen LogP contribution >= 0.6 is 0 Å². The van der Waals surface area contributed by atoms with Gasteiger partial charge in [-0.05, 0) is 24.3 Å². The Kier molecular flexibility index (Phi) is 6.02. The van der Waals surface area contributed by atoms with Crippen molar-refractivity contribution < 1.29 is 14.3 Å². The van der Waals surface area contributed by atoms with Crippen LogP contribution in [0.25, 0.3) is 0 Å². The van der Waals surface area contributed by atoms with E-state index in [0.717, 1.165) is 12.0 Å². The molecule has 1 aromatic rings. The first-order valence-electron chi connectivity index (χ1n) is 4.39. The van der Waals surface area contributed by atoms with E-state index in [-0.39, 0.29) is 26.1 Å². The molecule has 0 unspecified atom stereocenters. The molecule has 0 aliphatic rings. The van der Waals surface area contributed by atoms with Crippen LogP contribution in [0.1, 0.15) is 30.6 Å². The van der Waals surface area contributed by atoms with E-state index in [2.05, 4.69) is 0 Å². The van der Waals surface area contributed by atoms with Crippen molar-refractivity contribution in [2.24, 2.45) is 0 Å². The third kappa shape index (κ3) is 3.94. The molecule has 0 radical (unpaired) electrons. The predicted molar refractivity (Wildman–Crippen MR) is 59.4 cm³/mol. The number of hydrogen-bond acceptors (Lipinski definition) is 3. The molecule has 0 amide bonds. The fraction of sp³-hybridized carbons (Fsp3) is 0.333. The van der Waals surface area contributed by atoms with Crippen molar-refractivity contribution in [1.82, 2.24) is 0 Å². The summed E-state index contributed by atoms with van der Waals surface area (Å²) in [6, 6.07) is 6.86. The zero-order valence-corrected chi connectivity index (χ0v) is 8.03. The molecule has 0 aromatic heterocycles. The maximum atomic E-state index is 11.4. The molecule has 0 atom stereocenters. The molecule has 0 saturated carbocycles. The molecule has 0 bridgehead atoms. The number of methoxy groups -OCH3 is 1. The summed E-state index contributed by atoms with van der Waals surface area (Å²) in [5, 5.41) is 0. The zero-order valence-electron chi connectivity index (χ0n) is 8.03. The molecular weight excluding hydrogens is 192 g/mol. The second-order valence-electron chi connectivity index (χ2n) is 2.86. The van der Waals surface area contributed by atoms with E-state index in [0.29, 0.717) is 5.56 Å². The van der Waals surface area contributed by atoms with E-state index in [1.54, 1.807) is 31.4 Å². The van der Waals surface area contributed by atoms with Crippen molar-refractivity contribution >= 4 is 12.1 Å². The van der Waals surface area contributed by atoms with Gasteiger partial charge in [0.25, 0.3) is 0 Å². The predicted octanol–water partition coefficient (Wildman–Crippen LogP) is 2.49. The third-order valence-electron chi connectivity index (χ3n) is 1.90. The first-order chi connectivity index (χ1) is 6.77. The molecule has 0 heterocycles. The van der Waals surface area contributed by atoms with Gasteiger partial charge in [0.05, 0.1) is 7.11 Å². The lowest BCUT2D eigenvalue weighted by molar-refractivity contribution is -0.107. The number of aldehydes is 1. The standard InChI is InChI=1S/C11H12O3.CH4/c1-14-10-6-4-9(5-7-10)11(13)3-2-8-12;/h4-8H,2-3H2,1H3;1H4. The molecule has 1 rings (SSSR count). The van der Waals surface area contributed by atoms with Gasteiger partial charge in [0, 0.05) is 18.4 Å². The summed E-state index contributed by atoms with van der Waals surface area (Å²) in [6.07, 6.45) is 1.31. The number of carbonyl (C=O) groups is 2. The van der Waals surface area contributed by atoms with Crippen LogP contribution in [0.5, 0.6) is 5.75 Å². The zero-order chi connectivity index (χ0) is 10.4. The minimum absolute atomic E-state index is 0. The molecule has 1 aromatic carbocycles. The Morgan fingerprint density at radius 1 is 1.33 bits per heavy atom. The van der Waals surface area contributed by atoms with Crippen molar-refractivity contribution in [2.75, 3.05) is 7.11 Å². The maximum Gasteiger partial charge on any atom is 0.163 e. The van der Waals surface area contributed by atoms with Crippen LogP contribution < -0.4 is 4.74 Å². The number of hydrogen-bond donors (Lipinski definition) is 0. The number of Topliss-reactive ketones (excluding diaryl/α,β-unsaturated/α-hetero) is 1. The van der Waals surface area contributed by atoms with Gasteiger partial charge < -0.3 is 9.53 Å². The fourth-order valence-electron chi connectivity index (χ4n) is 1.11. The van der Waals surface area contributed by atoms with Crippen molar-refractivity contribution in [3.63, 3.8) is 0 Å². The summed E-state index contributed by atoms with van der Waals surface area (Å²) >= 11 is 0. The second-order valence-corrected chi connectivity index (χ2v) is 2.86. The van der Waals surface area contributed by atoms with Crippen LogP contribution in [-0.2, 0) is 4.79 Å². The highest BCUT2D eigenvalue weighted by Gasteiger charge is 2.04. The van der Waals surface area contributed by atoms with Gasteiger partial charge >= 0.3 is 0 Å². The van der Waals surface area contributed by atoms with Crippen LogP contribution in [0, 0.1) is 0 Å². The molecule has 0 aliphatic heterocycles. The van der Waals surface area contributed by atoms with E-state index < -0.39 is 0 Å². The molecule has 0 spiro atoms. The van der Waals surface area contributed by atoms with Gasteiger partial charge in [0.2, 0.25) is 0 Å². The van der Waals surface area contributed by atoms with Crippen LogP contribution in [-0.4, -0.2) is 19.2 Å². The average Bonchev–Trinajstić information content (AvgIpc) is 2.26. The van der Waals surface area contributed by atoms with Crippen molar-refractivity contribution in [2.45, 2.75) is 20.3 Å². The fourth-order valence-corrected chi connectivity index (χ4v) is 1.11. The van der Waals surface area contributed by atoms with Crippen molar-refractivity contribution in [1.29, 1.82) is 0 Å². The number of ketones is 1. The first kappa shape index (κ1) is 13.4. The van der Waals surface area contributed by atoms with Gasteiger partial charge in [-0.2, -0.15) is 0 Å². The first-order valence-corrected chi connectivity index (χ1v) is 4.39. The topological polar surface area (TPSA) is 43.4 Å². The van der Waals surface area contributed by atoms with Gasteiger partial charge in [-0.25, -0.2) is 0 Å². The minimum Gasteiger partial charge on any atom is -0.497 e. The largest absolute Gasteiger partial charge is 0.497 e. The molecule has 3 nitrogen and oxygen atoms in total. The Morgan fingerprint density at radius 2 is 1.93 bits per heavy atom. The Bertz CT molecular complexity index is 314. The van der Waals surface area contributed by atoms with E-state index in [1.807, 2.05) is 0 Å². The van der Waals surface area contributed by atoms with Crippen molar-refractivity contribution in [3.05, 3.63) is 29.8 Å². The quantitative estimate of drug-likeness (QED) is 0.551. The van der Waals surface area contributed by atoms with E-state index in [4.69, 9.17) is 4.74 Å². The van der Waals surface area contributed by atoms with Crippen LogP contribution in [0.2, 0.25) is 0 Å². The summed E-state index contributed by atoms with van der Waals surface area (Å²) in [5.74, 6) is 0.705. The van der Waals surface area contributed by atoms with E-state index in [1.165, 1.54) is 0 Å². The molecule has 82 valence electrons. The summed E-state index contributed by atoms with van der Waals surface area (Å²) < 4.78 is 4.96. The minimum atomic E-state index is -0.0141. The van der Waals surface area contributed by atoms with Crippen LogP contribution in [0.15, 0.2) is 24.3 Å². The number of rotatable bonds is 5. The number of carbonyl (C=O) groups excluding carboxylic acids is 2. The Hall–Kier alpha value is -1.64. The lowest BCUT2D eigenvalue weighted by Gasteiger charge is -2.01. The normalized spacial score (nSPS) is 8.87. The Labute approximate surface area is 90.1 Å². The maximum absolute atomic E-state index is 11.4. The smallest absolute Gasteiger partial charge is 0.163 e. The second kappa shape index (κ2) is 6.76. The third-order valence-corrected chi connectivity index (χ3v) is 1.90. The summed E-state index contributed by atoms with van der Waals surface area (Å²) in [7, 11) is 1.57. The van der Waals surface area contributed by atoms with Crippen molar-refractivity contribution in [3.8, 4) is 5.75 Å². The monoisotopic (exact) mass is 208 g/mol. The molecule has 0 saturated heterocycles. The molecular formula is C12H16O3. The number of ether oxygens (including phenoxy) is 1. The highest BCUT2D eigenvalue weighted by molar-refractivity contribution is 5.96. The highest BCUT2D eigenvalue weighted by atomic mass is 16.5. The molecule has 0 aliphatic carbocycles. The summed E-state index contributed by atoms with van der Waals surface area (Å²) in [6.45, 7) is 0. The molecule has 15 heavy (non-hydrogen) atoms. The number of benzene rings is 1. The molecule has 3 heteroatoms. The van der Waals surface area contributed by atoms with Gasteiger partial charge in [0.1, 0.15) is 12.0 Å². The summed E-state index contributed by atoms with van der Waals surface area (Å²) in [5.41, 5.74) is 0.618. The van der Waals surface area contributed by atoms with E-state index in [9.17, 15) is 9.59 Å². The van der Waals surface area contributed by atoms with Gasteiger partial charge in [-0.15, -0.1) is 0 Å². The highest BCUT2D eigenvalue weighted by Crippen LogP contribution is 2.12. The Balaban J connectivity index is 0.00000196. The van der Waals surface area contributed by atoms with Gasteiger partial charge in [-0.3, -0.25) is 4.79 Å². The van der Waals surface area contributed by atoms with Crippen LogP contribution in [0.3, 0.4) is 0 Å². The SMILES string of the molecule is C.COc1ccc(C(=O)CCC=O)cc1. The van der Waals surface area contributed by atoms with Gasteiger partial charge in [0.15, 0.2) is 5.78 Å². The lowest BCUT2D eigenvalue weighted by atomic mass is 10.1. The molecule has 0 fully saturated rings. The van der Waals surface area contributed by atoms with Gasteiger partial charge in [-0.1, -0.05) is 7.43 Å². The molecule has 0 N–H and O–H groups in total. The summed E-state index contributed by atoms with van der Waals surface area (Å²) in [4.78, 5) is 21.5.